The van der Waals surface area contributed by atoms with E-state index >= 15 is 0 Å². The first-order valence-corrected chi connectivity index (χ1v) is 29.0. The molecule has 0 saturated heterocycles. The van der Waals surface area contributed by atoms with Crippen molar-refractivity contribution in [2.24, 2.45) is 0 Å². The average molecular weight is 981 g/mol. The molecule has 358 valence electrons. The van der Waals surface area contributed by atoms with Crippen molar-refractivity contribution >= 4 is 26.7 Å². The number of phenolic OH excluding ortho intramolecular Hbond substituents is 3. The zero-order chi connectivity index (χ0) is 48.9. The van der Waals surface area contributed by atoms with Gasteiger partial charge in [0.05, 0.1) is 11.2 Å². The molecule has 64 heavy (non-hydrogen) atoms. The summed E-state index contributed by atoms with van der Waals surface area (Å²) in [7, 11) is 0.850. The Hall–Kier alpha value is -3.61. The topological polar surface area (TPSA) is 101 Å². The summed E-state index contributed by atoms with van der Waals surface area (Å²) in [6.45, 7) is 34.1. The second-order valence-electron chi connectivity index (χ2n) is 17.5. The molecule has 5 rings (SSSR count). The van der Waals surface area contributed by atoms with Crippen LogP contribution in [0.4, 0.5) is 0 Å². The molecule has 7 nitrogen and oxygen atoms in total. The van der Waals surface area contributed by atoms with Gasteiger partial charge in [0.25, 0.3) is 0 Å². The number of aromatic hydroxyl groups is 3. The SMILES string of the molecule is CC[Si](CC)(CC)OC(C)(C)c1cc(C)c(O)c(C)c1.CC[Si](CC)(CC)OC(C)(C)c1cc(C)c(Oc2ccc(O)cc2)c(C)c1.Cc1cccc(C)c1O.[Cl][Cu].c1ccncc1. The second kappa shape index (κ2) is 27.8. The Bertz CT molecular complexity index is 2000. The van der Waals surface area contributed by atoms with Crippen LogP contribution in [0.1, 0.15) is 114 Å². The van der Waals surface area contributed by atoms with Crippen LogP contribution in [0.5, 0.6) is 28.7 Å². The van der Waals surface area contributed by atoms with E-state index < -0.39 is 16.6 Å². The summed E-state index contributed by atoms with van der Waals surface area (Å²) < 4.78 is 19.6. The van der Waals surface area contributed by atoms with Crippen LogP contribution in [-0.4, -0.2) is 36.9 Å². The number of rotatable bonds is 14. The van der Waals surface area contributed by atoms with Gasteiger partial charge in [-0.3, -0.25) is 4.98 Å². The maximum absolute atomic E-state index is 9.94. The Kier molecular flexibility index (Phi) is 25.3. The second-order valence-corrected chi connectivity index (χ2v) is 26.9. The van der Waals surface area contributed by atoms with Crippen LogP contribution in [0.2, 0.25) is 36.3 Å². The Labute approximate surface area is 402 Å². The number of phenols is 3. The normalized spacial score (nSPS) is 11.4. The van der Waals surface area contributed by atoms with E-state index in [0.29, 0.717) is 11.5 Å². The van der Waals surface area contributed by atoms with E-state index in [-0.39, 0.29) is 17.0 Å². The summed E-state index contributed by atoms with van der Waals surface area (Å²) >= 11 is 3.66. The maximum atomic E-state index is 9.94. The fourth-order valence-electron chi connectivity index (χ4n) is 7.65. The molecule has 0 atom stereocenters. The van der Waals surface area contributed by atoms with Crippen molar-refractivity contribution in [3.8, 4) is 28.7 Å². The van der Waals surface area contributed by atoms with Crippen LogP contribution in [0, 0.1) is 41.5 Å². The minimum Gasteiger partial charge on any atom is -0.265 e. The molecule has 11 heteroatoms. The van der Waals surface area contributed by atoms with Crippen molar-refractivity contribution in [1.29, 1.82) is 0 Å². The third kappa shape index (κ3) is 17.6. The Morgan fingerprint density at radius 2 is 0.844 bits per heavy atom. The van der Waals surface area contributed by atoms with Crippen LogP contribution >= 0.6 is 10.1 Å². The van der Waals surface area contributed by atoms with Crippen LogP contribution in [0.3, 0.4) is 0 Å². The quantitative estimate of drug-likeness (QED) is 0.0953. The standard InChI is InChI=1S/C23H34O3Si.C17H30O2Si.C8H10O.C5H5N.ClH.Cu/c1-8-27(9-2,10-3)26-23(6,7)19-15-17(4)22(18(5)16-19)25-21-13-11-20(24)12-14-21;1-8-20(9-2,10-3)19-17(6,7)15-11-13(4)16(18)14(5)12-15;1-6-4-3-5-7(2)8(6)9;1-2-4-6-5-3-1;;/h11-16,24H,8-10H2,1-7H3;11-12,18H,8-10H2,1-7H3;3-5,9H,1-2H3;1-5H;1H;/q;;;;;+1/p-1. The smallest absolute Gasteiger partial charge is 0.0267 e. The molecule has 0 radical (unpaired) electrons. The predicted molar refractivity (Wildman–Crippen MR) is 272 cm³/mol. The van der Waals surface area contributed by atoms with Gasteiger partial charge in [-0.2, -0.15) is 0 Å². The number of benzene rings is 4. The van der Waals surface area contributed by atoms with Gasteiger partial charge >= 0.3 is 25.2 Å². The molecule has 3 N–H and O–H groups in total. The van der Waals surface area contributed by atoms with E-state index in [9.17, 15) is 15.3 Å². The fraction of sp³-hybridized carbons (Fsp3) is 0.453. The summed E-state index contributed by atoms with van der Waals surface area (Å²) in [5, 5.41) is 28.6. The Morgan fingerprint density at radius 1 is 0.500 bits per heavy atom. The molecular formula is C53H79ClCuNO6Si2. The third-order valence-corrected chi connectivity index (χ3v) is 21.8. The van der Waals surface area contributed by atoms with Gasteiger partial charge in [-0.25, -0.2) is 0 Å². The maximum Gasteiger partial charge on any atom is 0.0267 e. The van der Waals surface area contributed by atoms with E-state index in [0.717, 1.165) is 86.7 Å². The van der Waals surface area contributed by atoms with Gasteiger partial charge in [0.15, 0.2) is 16.6 Å². The summed E-state index contributed by atoms with van der Waals surface area (Å²) in [6, 6.07) is 33.6. The first kappa shape index (κ1) is 58.4. The van der Waals surface area contributed by atoms with Crippen LogP contribution < -0.4 is 4.74 Å². The third-order valence-electron chi connectivity index (χ3n) is 12.2. The largest absolute Gasteiger partial charge is 0.265 e. The fourth-order valence-corrected chi connectivity index (χ4v) is 13.9. The van der Waals surface area contributed by atoms with E-state index in [1.807, 2.05) is 64.1 Å². The van der Waals surface area contributed by atoms with Gasteiger partial charge in [0, 0.05) is 12.4 Å². The first-order chi connectivity index (χ1) is 30.1. The molecule has 4 aromatic carbocycles. The molecule has 1 heterocycles. The molecule has 5 aromatic rings. The van der Waals surface area contributed by atoms with Gasteiger partial charge in [-0.15, -0.1) is 0 Å². The molecule has 1 aromatic heterocycles. The molecule has 0 unspecified atom stereocenters. The van der Waals surface area contributed by atoms with Crippen molar-refractivity contribution in [3.63, 3.8) is 0 Å². The van der Waals surface area contributed by atoms with Gasteiger partial charge in [-0.05, 0) is 211 Å². The van der Waals surface area contributed by atoms with Crippen LogP contribution in [-0.2, 0) is 35.2 Å². The zero-order valence-electron chi connectivity index (χ0n) is 41.7. The molecule has 0 spiro atoms. The van der Waals surface area contributed by atoms with Crippen molar-refractivity contribution in [2.75, 3.05) is 0 Å². The zero-order valence-corrected chi connectivity index (χ0v) is 45.4. The van der Waals surface area contributed by atoms with Crippen molar-refractivity contribution < 1.29 is 44.0 Å². The Morgan fingerprint density at radius 3 is 1.14 bits per heavy atom. The van der Waals surface area contributed by atoms with Crippen LogP contribution in [0.15, 0.2) is 97.3 Å². The number of halogens is 1. The van der Waals surface area contributed by atoms with Gasteiger partial charge < -0.3 is 28.9 Å². The van der Waals surface area contributed by atoms with Crippen molar-refractivity contribution in [1.82, 2.24) is 4.98 Å². The summed E-state index contributed by atoms with van der Waals surface area (Å²) in [5.41, 5.74) is 7.66. The molecule has 0 aliphatic carbocycles. The van der Waals surface area contributed by atoms with Gasteiger partial charge in [-0.1, -0.05) is 65.8 Å². The molecule has 0 aliphatic heterocycles. The molecule has 0 amide bonds. The van der Waals surface area contributed by atoms with Gasteiger partial charge in [0.1, 0.15) is 28.7 Å². The number of hydrogen-bond donors (Lipinski definition) is 3. The number of para-hydroxylation sites is 1. The minimum atomic E-state index is -1.71. The van der Waals surface area contributed by atoms with E-state index in [4.69, 9.17) is 13.6 Å². The van der Waals surface area contributed by atoms with Crippen molar-refractivity contribution in [2.45, 2.75) is 158 Å². The number of aromatic nitrogens is 1. The molecule has 0 aliphatic rings. The Balaban J connectivity index is 0.000000478. The summed E-state index contributed by atoms with van der Waals surface area (Å²) in [5.74, 6) is 2.63. The van der Waals surface area contributed by atoms with Gasteiger partial charge in [0.2, 0.25) is 0 Å². The molecule has 0 fully saturated rings. The number of aryl methyl sites for hydroxylation is 6. The average Bonchev–Trinajstić information content (AvgIpc) is 3.29. The monoisotopic (exact) mass is 979 g/mol. The van der Waals surface area contributed by atoms with E-state index in [1.165, 1.54) is 5.56 Å². The first-order valence-electron chi connectivity index (χ1n) is 22.6. The number of ether oxygens (including phenoxy) is 1. The summed E-state index contributed by atoms with van der Waals surface area (Å²) in [6.07, 6.45) is 3.50. The minimum absolute atomic E-state index is 0.237. The number of nitrogens with zero attached hydrogens (tertiary/aromatic N) is 1. The number of hydrogen-bond acceptors (Lipinski definition) is 7. The molecule has 0 bridgehead atoms. The number of pyridine rings is 1. The van der Waals surface area contributed by atoms with Crippen LogP contribution in [0.25, 0.3) is 0 Å². The predicted octanol–water partition coefficient (Wildman–Crippen LogP) is 16.1. The summed E-state index contributed by atoms with van der Waals surface area (Å²) in [4.78, 5) is 3.78. The molecule has 0 saturated carbocycles. The van der Waals surface area contributed by atoms with E-state index in [1.54, 1.807) is 36.7 Å². The van der Waals surface area contributed by atoms with E-state index in [2.05, 4.69) is 138 Å². The van der Waals surface area contributed by atoms with Crippen molar-refractivity contribution in [3.05, 3.63) is 142 Å². The molecular weight excluding hydrogens is 902 g/mol.